The molecule has 2 unspecified atom stereocenters. The number of Topliss-reactive ketones (excluding diaryl/α,β-unsaturated/α-hetero) is 1. The Labute approximate surface area is 225 Å². The molecule has 1 aliphatic heterocycles. The Balaban J connectivity index is 1.57. The Morgan fingerprint density at radius 2 is 1.74 bits per heavy atom. The van der Waals surface area contributed by atoms with E-state index in [1.165, 1.54) is 12.1 Å². The number of carbonyl (C=O) groups is 1. The lowest BCUT2D eigenvalue weighted by atomic mass is 9.78. The molecule has 5 rings (SSSR count). The van der Waals surface area contributed by atoms with Gasteiger partial charge in [-0.2, -0.15) is 0 Å². The van der Waals surface area contributed by atoms with E-state index >= 15 is 0 Å². The van der Waals surface area contributed by atoms with Crippen LogP contribution in [0, 0.1) is 10.1 Å². The van der Waals surface area contributed by atoms with Crippen molar-refractivity contribution in [2.24, 2.45) is 0 Å². The second-order valence-electron chi connectivity index (χ2n) is 9.71. The molecule has 0 spiro atoms. The lowest BCUT2D eigenvalue weighted by Crippen LogP contribution is -2.27. The van der Waals surface area contributed by atoms with E-state index in [9.17, 15) is 14.9 Å². The van der Waals surface area contributed by atoms with Crippen molar-refractivity contribution < 1.29 is 19.2 Å². The summed E-state index contributed by atoms with van der Waals surface area (Å²) in [7, 11) is 1.60. The minimum absolute atomic E-state index is 0.00195. The summed E-state index contributed by atoms with van der Waals surface area (Å²) in [6, 6.07) is 17.6. The third-order valence-electron chi connectivity index (χ3n) is 6.83. The number of anilines is 2. The first-order chi connectivity index (χ1) is 18.2. The van der Waals surface area contributed by atoms with Gasteiger partial charge >= 0.3 is 0 Å². The summed E-state index contributed by atoms with van der Waals surface area (Å²) >= 11 is 6.09. The Morgan fingerprint density at radius 1 is 1.00 bits per heavy atom. The largest absolute Gasteiger partial charge is 0.493 e. The quantitative estimate of drug-likeness (QED) is 0.259. The lowest BCUT2D eigenvalue weighted by molar-refractivity contribution is -0.384. The minimum atomic E-state index is -0.582. The number of nitrogens with one attached hydrogen (secondary N) is 2. The maximum atomic E-state index is 13.8. The van der Waals surface area contributed by atoms with Gasteiger partial charge in [-0.3, -0.25) is 14.9 Å². The van der Waals surface area contributed by atoms with Crippen LogP contribution >= 0.6 is 11.6 Å². The fourth-order valence-electron chi connectivity index (χ4n) is 5.12. The number of rotatable bonds is 6. The molecule has 0 radical (unpaired) electrons. The molecule has 2 aliphatic rings. The molecule has 0 saturated heterocycles. The van der Waals surface area contributed by atoms with Gasteiger partial charge in [-0.05, 0) is 67.6 Å². The van der Waals surface area contributed by atoms with Gasteiger partial charge in [0.15, 0.2) is 17.3 Å². The summed E-state index contributed by atoms with van der Waals surface area (Å²) in [5.74, 6) is 1.16. The molecule has 1 aliphatic carbocycles. The number of nitrogens with zero attached hydrogens (tertiary/aromatic N) is 1. The number of nitro benzene ring substituents is 1. The number of ketones is 1. The summed E-state index contributed by atoms with van der Waals surface area (Å²) in [5, 5.41) is 18.6. The van der Waals surface area contributed by atoms with E-state index in [2.05, 4.69) is 10.6 Å². The van der Waals surface area contributed by atoms with Crippen LogP contribution in [0.5, 0.6) is 11.5 Å². The average molecular weight is 534 g/mol. The number of nitro groups is 1. The van der Waals surface area contributed by atoms with E-state index in [0.29, 0.717) is 29.1 Å². The number of carbonyl (C=O) groups excluding carboxylic acids is 1. The first-order valence-corrected chi connectivity index (χ1v) is 12.8. The number of fused-ring (bicyclic) bond motifs is 1. The number of hydrogen-bond donors (Lipinski definition) is 2. The molecule has 2 atom stereocenters. The van der Waals surface area contributed by atoms with Crippen molar-refractivity contribution in [2.45, 2.75) is 44.8 Å². The van der Waals surface area contributed by atoms with Gasteiger partial charge < -0.3 is 20.1 Å². The number of methoxy groups -OCH3 is 1. The highest BCUT2D eigenvalue weighted by Crippen LogP contribution is 2.46. The van der Waals surface area contributed by atoms with Gasteiger partial charge in [-0.1, -0.05) is 35.9 Å². The topological polar surface area (TPSA) is 103 Å². The summed E-state index contributed by atoms with van der Waals surface area (Å²) in [6.45, 7) is 3.91. The van der Waals surface area contributed by atoms with E-state index < -0.39 is 11.0 Å². The Bertz CT molecular complexity index is 1450. The van der Waals surface area contributed by atoms with Crippen LogP contribution < -0.4 is 20.1 Å². The van der Waals surface area contributed by atoms with Crippen molar-refractivity contribution in [1.82, 2.24) is 0 Å². The third kappa shape index (κ3) is 4.91. The predicted octanol–water partition coefficient (Wildman–Crippen LogP) is 7.02. The zero-order valence-electron chi connectivity index (χ0n) is 21.3. The van der Waals surface area contributed by atoms with E-state index in [0.717, 1.165) is 22.6 Å². The van der Waals surface area contributed by atoms with E-state index in [4.69, 9.17) is 21.1 Å². The molecule has 3 aromatic carbocycles. The highest BCUT2D eigenvalue weighted by Gasteiger charge is 2.37. The van der Waals surface area contributed by atoms with E-state index in [-0.39, 0.29) is 34.9 Å². The van der Waals surface area contributed by atoms with Gasteiger partial charge in [-0.25, -0.2) is 0 Å². The maximum absolute atomic E-state index is 13.8. The van der Waals surface area contributed by atoms with Crippen LogP contribution in [-0.4, -0.2) is 23.9 Å². The molecule has 196 valence electrons. The molecule has 0 aromatic heterocycles. The Kier molecular flexibility index (Phi) is 6.99. The summed E-state index contributed by atoms with van der Waals surface area (Å²) in [6.07, 6.45) is 0.872. The molecule has 3 aromatic rings. The summed E-state index contributed by atoms with van der Waals surface area (Å²) < 4.78 is 11.4. The van der Waals surface area contributed by atoms with Crippen LogP contribution in [-0.2, 0) is 4.79 Å². The van der Waals surface area contributed by atoms with Crippen molar-refractivity contribution in [3.63, 3.8) is 0 Å². The maximum Gasteiger partial charge on any atom is 0.288 e. The predicted molar refractivity (Wildman–Crippen MR) is 147 cm³/mol. The minimum Gasteiger partial charge on any atom is -0.493 e. The van der Waals surface area contributed by atoms with Crippen molar-refractivity contribution in [1.29, 1.82) is 0 Å². The second-order valence-corrected chi connectivity index (χ2v) is 10.1. The number of allylic oxidation sites excluding steroid dienone is 1. The number of benzene rings is 3. The van der Waals surface area contributed by atoms with Crippen molar-refractivity contribution >= 4 is 34.4 Å². The molecule has 38 heavy (non-hydrogen) atoms. The average Bonchev–Trinajstić information content (AvgIpc) is 3.05. The molecule has 8 nitrogen and oxygen atoms in total. The SMILES string of the molecule is COc1cc(C2CC(=O)C3=C(C2)Nc2ccccc2NC3c2ccc(Cl)c([N+](=O)[O-])c2)ccc1OC(C)C. The van der Waals surface area contributed by atoms with Crippen LogP contribution in [0.2, 0.25) is 5.02 Å². The number of ether oxygens (including phenoxy) is 2. The van der Waals surface area contributed by atoms with E-state index in [1.54, 1.807) is 13.2 Å². The standard InChI is InChI=1S/C29H28ClN3O5/c1-16(2)38-26-11-9-17(15-27(26)37-3)19-12-23-28(25(34)14-19)29(32-22-7-5-4-6-21(22)31-23)18-8-10-20(30)24(13-18)33(35)36/h4-11,13,15-16,19,29,31-32H,12,14H2,1-3H3. The van der Waals surface area contributed by atoms with Crippen molar-refractivity contribution in [3.05, 3.63) is 98.2 Å². The fraction of sp³-hybridized carbons (Fsp3) is 0.276. The van der Waals surface area contributed by atoms with Crippen LogP contribution in [0.15, 0.2) is 71.9 Å². The Morgan fingerprint density at radius 3 is 2.45 bits per heavy atom. The molecule has 0 amide bonds. The van der Waals surface area contributed by atoms with Gasteiger partial charge in [0.05, 0.1) is 35.6 Å². The molecular weight excluding hydrogens is 506 g/mol. The number of para-hydroxylation sites is 2. The normalized spacial score (nSPS) is 18.6. The van der Waals surface area contributed by atoms with E-state index in [1.807, 2.05) is 56.3 Å². The molecule has 0 fully saturated rings. The van der Waals surface area contributed by atoms with Gasteiger partial charge in [0.25, 0.3) is 5.69 Å². The zero-order valence-corrected chi connectivity index (χ0v) is 22.0. The highest BCUT2D eigenvalue weighted by atomic mass is 35.5. The summed E-state index contributed by atoms with van der Waals surface area (Å²) in [5.41, 5.74) is 4.35. The first-order valence-electron chi connectivity index (χ1n) is 12.4. The van der Waals surface area contributed by atoms with Crippen LogP contribution in [0.25, 0.3) is 0 Å². The van der Waals surface area contributed by atoms with Crippen LogP contribution in [0.1, 0.15) is 49.8 Å². The number of halogens is 1. The van der Waals surface area contributed by atoms with Gasteiger partial charge in [0, 0.05) is 23.8 Å². The monoisotopic (exact) mass is 533 g/mol. The van der Waals surface area contributed by atoms with Gasteiger partial charge in [0.2, 0.25) is 0 Å². The fourth-order valence-corrected chi connectivity index (χ4v) is 5.30. The van der Waals surface area contributed by atoms with Gasteiger partial charge in [-0.15, -0.1) is 0 Å². The first kappa shape index (κ1) is 25.6. The Hall–Kier alpha value is -4.04. The van der Waals surface area contributed by atoms with Crippen molar-refractivity contribution in [3.8, 4) is 11.5 Å². The zero-order chi connectivity index (χ0) is 27.0. The molecule has 1 heterocycles. The molecule has 0 saturated carbocycles. The second kappa shape index (κ2) is 10.4. The third-order valence-corrected chi connectivity index (χ3v) is 7.15. The lowest BCUT2D eigenvalue weighted by Gasteiger charge is -2.30. The molecular formula is C29H28ClN3O5. The number of hydrogen-bond acceptors (Lipinski definition) is 7. The highest BCUT2D eigenvalue weighted by molar-refractivity contribution is 6.32. The van der Waals surface area contributed by atoms with Crippen LogP contribution in [0.3, 0.4) is 0 Å². The smallest absolute Gasteiger partial charge is 0.288 e. The van der Waals surface area contributed by atoms with Crippen LogP contribution in [0.4, 0.5) is 17.1 Å². The van der Waals surface area contributed by atoms with Crippen molar-refractivity contribution in [2.75, 3.05) is 17.7 Å². The molecule has 0 bridgehead atoms. The molecule has 2 N–H and O–H groups in total. The molecule has 9 heteroatoms. The van der Waals surface area contributed by atoms with Gasteiger partial charge in [0.1, 0.15) is 5.02 Å². The summed E-state index contributed by atoms with van der Waals surface area (Å²) in [4.78, 5) is 24.9.